The Balaban J connectivity index is 1.78. The Hall–Kier alpha value is -2.46. The van der Waals surface area contributed by atoms with Gasteiger partial charge in [-0.3, -0.25) is 0 Å². The van der Waals surface area contributed by atoms with Gasteiger partial charge in [-0.1, -0.05) is 48.0 Å². The Kier molecular flexibility index (Phi) is 5.84. The van der Waals surface area contributed by atoms with Crippen LogP contribution in [-0.2, 0) is 6.54 Å². The van der Waals surface area contributed by atoms with Gasteiger partial charge in [-0.05, 0) is 38.5 Å². The van der Waals surface area contributed by atoms with Crippen molar-refractivity contribution in [2.24, 2.45) is 0 Å². The molecule has 0 amide bonds. The summed E-state index contributed by atoms with van der Waals surface area (Å²) in [6.45, 7) is 7.63. The highest BCUT2D eigenvalue weighted by atomic mass is 35.5. The van der Waals surface area contributed by atoms with Gasteiger partial charge in [0.15, 0.2) is 0 Å². The van der Waals surface area contributed by atoms with Crippen LogP contribution in [0.25, 0.3) is 11.3 Å². The predicted molar refractivity (Wildman–Crippen MR) is 105 cm³/mol. The second-order valence-corrected chi connectivity index (χ2v) is 6.49. The van der Waals surface area contributed by atoms with Gasteiger partial charge in [0, 0.05) is 11.1 Å². The average molecular weight is 371 g/mol. The van der Waals surface area contributed by atoms with Gasteiger partial charge in [-0.2, -0.15) is 5.10 Å². The molecule has 26 heavy (non-hydrogen) atoms. The molecule has 0 atom stereocenters. The summed E-state index contributed by atoms with van der Waals surface area (Å²) in [5.74, 6) is 1.47. The van der Waals surface area contributed by atoms with Gasteiger partial charge in [-0.15, -0.1) is 0 Å². The number of hydrogen-bond acceptors (Lipinski definition) is 3. The third-order valence-corrected chi connectivity index (χ3v) is 4.40. The van der Waals surface area contributed by atoms with E-state index >= 15 is 0 Å². The van der Waals surface area contributed by atoms with Crippen LogP contribution in [0.15, 0.2) is 48.5 Å². The van der Waals surface area contributed by atoms with Gasteiger partial charge < -0.3 is 9.47 Å². The van der Waals surface area contributed by atoms with Crippen LogP contribution in [0, 0.1) is 13.8 Å². The topological polar surface area (TPSA) is 36.3 Å². The smallest absolute Gasteiger partial charge is 0.215 e. The van der Waals surface area contributed by atoms with Crippen LogP contribution >= 0.6 is 11.6 Å². The lowest BCUT2D eigenvalue weighted by Gasteiger charge is -2.11. The van der Waals surface area contributed by atoms with Crippen molar-refractivity contribution in [1.29, 1.82) is 0 Å². The number of nitrogens with zero attached hydrogens (tertiary/aromatic N) is 2. The van der Waals surface area contributed by atoms with Crippen molar-refractivity contribution in [3.63, 3.8) is 0 Å². The molecule has 0 radical (unpaired) electrons. The number of benzene rings is 2. The second-order valence-electron chi connectivity index (χ2n) is 6.08. The first-order valence-corrected chi connectivity index (χ1v) is 9.12. The Morgan fingerprint density at radius 2 is 1.81 bits per heavy atom. The molecule has 0 saturated heterocycles. The summed E-state index contributed by atoms with van der Waals surface area (Å²) < 4.78 is 13.5. The van der Waals surface area contributed by atoms with E-state index in [2.05, 4.69) is 12.1 Å². The third-order valence-electron chi connectivity index (χ3n) is 4.11. The number of aryl methyl sites for hydroxylation is 1. The van der Waals surface area contributed by atoms with Crippen LogP contribution in [0.1, 0.15) is 18.1 Å². The van der Waals surface area contributed by atoms with Crippen molar-refractivity contribution in [2.75, 3.05) is 13.2 Å². The van der Waals surface area contributed by atoms with Crippen molar-refractivity contribution in [1.82, 2.24) is 9.78 Å². The lowest BCUT2D eigenvalue weighted by atomic mass is 10.1. The fourth-order valence-electron chi connectivity index (χ4n) is 2.84. The monoisotopic (exact) mass is 370 g/mol. The molecule has 136 valence electrons. The first-order chi connectivity index (χ1) is 12.6. The maximum Gasteiger partial charge on any atom is 0.215 e. The summed E-state index contributed by atoms with van der Waals surface area (Å²) in [6.07, 6.45) is 0. The van der Waals surface area contributed by atoms with Gasteiger partial charge in [0.1, 0.15) is 12.4 Å². The van der Waals surface area contributed by atoms with Gasteiger partial charge in [0.25, 0.3) is 0 Å². The summed E-state index contributed by atoms with van der Waals surface area (Å²) >= 11 is 6.23. The second kappa shape index (κ2) is 8.28. The Morgan fingerprint density at radius 1 is 1.04 bits per heavy atom. The van der Waals surface area contributed by atoms with Crippen molar-refractivity contribution >= 4 is 11.6 Å². The Morgan fingerprint density at radius 3 is 2.50 bits per heavy atom. The number of rotatable bonds is 7. The molecule has 4 nitrogen and oxygen atoms in total. The molecule has 0 N–H and O–H groups in total. The maximum atomic E-state index is 6.23. The van der Waals surface area contributed by atoms with E-state index < -0.39 is 0 Å². The first kappa shape index (κ1) is 18.3. The van der Waals surface area contributed by atoms with Crippen LogP contribution in [0.4, 0.5) is 0 Å². The molecule has 3 aromatic rings. The summed E-state index contributed by atoms with van der Waals surface area (Å²) in [5.41, 5.74) is 4.15. The minimum atomic E-state index is 0.457. The molecule has 1 heterocycles. The molecule has 0 spiro atoms. The van der Waals surface area contributed by atoms with E-state index in [1.165, 1.54) is 0 Å². The zero-order chi connectivity index (χ0) is 18.5. The largest absolute Gasteiger partial charge is 0.490 e. The molecule has 0 saturated carbocycles. The average Bonchev–Trinajstić information content (AvgIpc) is 2.94. The highest BCUT2D eigenvalue weighted by Gasteiger charge is 2.17. The number of ether oxygens (including phenoxy) is 2. The van der Waals surface area contributed by atoms with E-state index in [1.807, 2.05) is 61.9 Å². The van der Waals surface area contributed by atoms with Crippen LogP contribution in [0.2, 0.25) is 5.02 Å². The minimum absolute atomic E-state index is 0.457. The molecule has 3 rings (SSSR count). The molecule has 2 aromatic carbocycles. The summed E-state index contributed by atoms with van der Waals surface area (Å²) in [5, 5.41) is 5.37. The molecule has 0 bridgehead atoms. The van der Waals surface area contributed by atoms with Crippen molar-refractivity contribution in [3.8, 4) is 22.9 Å². The SMILES string of the molecule is CCOc1c(C)c(-c2ccccc2)nn1CCOc1ccc(C)cc1Cl. The van der Waals surface area contributed by atoms with Gasteiger partial charge in [0.05, 0.1) is 23.9 Å². The van der Waals surface area contributed by atoms with Gasteiger partial charge >= 0.3 is 0 Å². The number of hydrogen-bond donors (Lipinski definition) is 0. The van der Waals surface area contributed by atoms with E-state index in [0.29, 0.717) is 30.5 Å². The molecule has 1 aromatic heterocycles. The van der Waals surface area contributed by atoms with Crippen molar-refractivity contribution < 1.29 is 9.47 Å². The fourth-order valence-corrected chi connectivity index (χ4v) is 3.13. The van der Waals surface area contributed by atoms with Crippen molar-refractivity contribution in [2.45, 2.75) is 27.3 Å². The summed E-state index contributed by atoms with van der Waals surface area (Å²) in [7, 11) is 0. The predicted octanol–water partition coefficient (Wildman–Crippen LogP) is 5.30. The van der Waals surface area contributed by atoms with Crippen LogP contribution in [-0.4, -0.2) is 23.0 Å². The Bertz CT molecular complexity index is 875. The fraction of sp³-hybridized carbons (Fsp3) is 0.286. The van der Waals surface area contributed by atoms with Crippen molar-refractivity contribution in [3.05, 3.63) is 64.7 Å². The molecule has 0 aliphatic rings. The minimum Gasteiger partial charge on any atom is -0.490 e. The van der Waals surface area contributed by atoms with Crippen LogP contribution in [0.5, 0.6) is 11.6 Å². The van der Waals surface area contributed by atoms with E-state index in [1.54, 1.807) is 0 Å². The first-order valence-electron chi connectivity index (χ1n) is 8.74. The lowest BCUT2D eigenvalue weighted by Crippen LogP contribution is -2.12. The van der Waals surface area contributed by atoms with E-state index in [-0.39, 0.29) is 0 Å². The lowest BCUT2D eigenvalue weighted by molar-refractivity contribution is 0.259. The summed E-state index contributed by atoms with van der Waals surface area (Å²) in [4.78, 5) is 0. The quantitative estimate of drug-likeness (QED) is 0.566. The van der Waals surface area contributed by atoms with Gasteiger partial charge in [-0.25, -0.2) is 4.68 Å². The maximum absolute atomic E-state index is 6.23. The molecular formula is C21H23ClN2O2. The highest BCUT2D eigenvalue weighted by molar-refractivity contribution is 6.32. The number of halogens is 1. The molecule has 0 aliphatic heterocycles. The summed E-state index contributed by atoms with van der Waals surface area (Å²) in [6, 6.07) is 15.9. The molecule has 5 heteroatoms. The third kappa shape index (κ3) is 4.02. The Labute approximate surface area is 159 Å². The molecular weight excluding hydrogens is 348 g/mol. The van der Waals surface area contributed by atoms with E-state index in [4.69, 9.17) is 26.2 Å². The van der Waals surface area contributed by atoms with E-state index in [9.17, 15) is 0 Å². The zero-order valence-corrected chi connectivity index (χ0v) is 16.1. The van der Waals surface area contributed by atoms with Gasteiger partial charge in [0.2, 0.25) is 5.88 Å². The molecule has 0 unspecified atom stereocenters. The highest BCUT2D eigenvalue weighted by Crippen LogP contribution is 2.30. The van der Waals surface area contributed by atoms with Crippen LogP contribution < -0.4 is 9.47 Å². The van der Waals surface area contributed by atoms with Crippen LogP contribution in [0.3, 0.4) is 0 Å². The number of aromatic nitrogens is 2. The molecule has 0 fully saturated rings. The molecule has 0 aliphatic carbocycles. The normalized spacial score (nSPS) is 10.8. The van der Waals surface area contributed by atoms with E-state index in [0.717, 1.165) is 28.3 Å². The zero-order valence-electron chi connectivity index (χ0n) is 15.3. The standard InChI is InChI=1S/C21H23ClN2O2/c1-4-25-21-16(3)20(17-8-6-5-7-9-17)23-24(21)12-13-26-19-11-10-15(2)14-18(19)22/h5-11,14H,4,12-13H2,1-3H3.